The summed E-state index contributed by atoms with van der Waals surface area (Å²) in [6.07, 6.45) is 4.96. The summed E-state index contributed by atoms with van der Waals surface area (Å²) < 4.78 is 0. The number of carbonyl (C=O) groups is 1. The van der Waals surface area contributed by atoms with E-state index in [9.17, 15) is 9.90 Å². The molecule has 1 aromatic rings. The number of aryl methyl sites for hydroxylation is 1. The van der Waals surface area contributed by atoms with Crippen molar-refractivity contribution in [2.75, 3.05) is 13.2 Å². The Morgan fingerprint density at radius 1 is 1.55 bits per heavy atom. The molecule has 0 spiro atoms. The first-order valence-electron chi connectivity index (χ1n) is 7.11. The van der Waals surface area contributed by atoms with Crippen molar-refractivity contribution in [2.24, 2.45) is 5.84 Å². The number of carbonyl (C=O) groups excluding carboxylic acids is 1. The van der Waals surface area contributed by atoms with Gasteiger partial charge in [-0.15, -0.1) is 11.3 Å². The van der Waals surface area contributed by atoms with E-state index in [2.05, 4.69) is 10.3 Å². The molecule has 5 nitrogen and oxygen atoms in total. The normalized spacial score (nSPS) is 16.0. The van der Waals surface area contributed by atoms with Gasteiger partial charge in [-0.05, 0) is 31.4 Å². The molecule has 1 saturated carbocycles. The Bertz CT molecular complexity index is 455. The molecule has 20 heavy (non-hydrogen) atoms. The number of nitrogens with two attached hydrogens (primary N) is 1. The van der Waals surface area contributed by atoms with Crippen LogP contribution < -0.4 is 11.3 Å². The van der Waals surface area contributed by atoms with Crippen LogP contribution in [0, 0.1) is 6.92 Å². The summed E-state index contributed by atoms with van der Waals surface area (Å²) in [7, 11) is 0. The fourth-order valence-corrected chi connectivity index (χ4v) is 3.80. The lowest BCUT2D eigenvalue weighted by molar-refractivity contribution is 0.0957. The van der Waals surface area contributed by atoms with Crippen LogP contribution in [0.1, 0.15) is 45.8 Å². The van der Waals surface area contributed by atoms with Gasteiger partial charge in [-0.3, -0.25) is 15.1 Å². The number of nitrogen functional groups attached to an aromatic ring is 1. The quantitative estimate of drug-likeness (QED) is 0.421. The van der Waals surface area contributed by atoms with Crippen LogP contribution in [0.5, 0.6) is 0 Å². The number of nitrogens with zero attached hydrogens (tertiary/aromatic N) is 1. The summed E-state index contributed by atoms with van der Waals surface area (Å²) in [5, 5.41) is 9.26. The molecule has 0 atom stereocenters. The molecular weight excluding hydrogens is 274 g/mol. The van der Waals surface area contributed by atoms with E-state index >= 15 is 0 Å². The third-order valence-electron chi connectivity index (χ3n) is 3.98. The molecule has 1 aliphatic carbocycles. The van der Waals surface area contributed by atoms with Crippen LogP contribution in [0.4, 0.5) is 0 Å². The van der Waals surface area contributed by atoms with Gasteiger partial charge < -0.3 is 5.11 Å². The SMILES string of the molecule is Cc1sc(C(=O)NN)cc1CN(CCO)C1CCCC1. The first-order chi connectivity index (χ1) is 9.65. The van der Waals surface area contributed by atoms with E-state index < -0.39 is 0 Å². The molecule has 1 fully saturated rings. The van der Waals surface area contributed by atoms with E-state index in [0.29, 0.717) is 17.5 Å². The summed E-state index contributed by atoms with van der Waals surface area (Å²) in [4.78, 5) is 15.7. The highest BCUT2D eigenvalue weighted by atomic mass is 32.1. The Kier molecular flexibility index (Phi) is 5.54. The monoisotopic (exact) mass is 297 g/mol. The second-order valence-electron chi connectivity index (χ2n) is 5.30. The van der Waals surface area contributed by atoms with Gasteiger partial charge in [-0.25, -0.2) is 5.84 Å². The maximum absolute atomic E-state index is 11.6. The Morgan fingerprint density at radius 3 is 2.85 bits per heavy atom. The largest absolute Gasteiger partial charge is 0.395 e. The smallest absolute Gasteiger partial charge is 0.275 e. The number of aliphatic hydroxyl groups excluding tert-OH is 1. The zero-order valence-electron chi connectivity index (χ0n) is 11.9. The fraction of sp³-hybridized carbons (Fsp3) is 0.643. The predicted octanol–water partition coefficient (Wildman–Crippen LogP) is 1.40. The summed E-state index contributed by atoms with van der Waals surface area (Å²) in [6.45, 7) is 3.69. The van der Waals surface area contributed by atoms with Crippen LogP contribution in [0.25, 0.3) is 0 Å². The van der Waals surface area contributed by atoms with E-state index in [4.69, 9.17) is 5.84 Å². The minimum Gasteiger partial charge on any atom is -0.395 e. The third kappa shape index (κ3) is 3.58. The second kappa shape index (κ2) is 7.17. The van der Waals surface area contributed by atoms with E-state index in [1.54, 1.807) is 0 Å². The zero-order chi connectivity index (χ0) is 14.5. The van der Waals surface area contributed by atoms with E-state index in [1.807, 2.05) is 13.0 Å². The van der Waals surface area contributed by atoms with Gasteiger partial charge >= 0.3 is 0 Å². The van der Waals surface area contributed by atoms with Gasteiger partial charge in [0.15, 0.2) is 0 Å². The second-order valence-corrected chi connectivity index (χ2v) is 6.55. The van der Waals surface area contributed by atoms with Crippen molar-refractivity contribution < 1.29 is 9.90 Å². The van der Waals surface area contributed by atoms with Crippen LogP contribution in [0.2, 0.25) is 0 Å². The van der Waals surface area contributed by atoms with Gasteiger partial charge in [-0.2, -0.15) is 0 Å². The molecule has 0 aromatic carbocycles. The number of hydrazine groups is 1. The van der Waals surface area contributed by atoms with Crippen LogP contribution >= 0.6 is 11.3 Å². The molecule has 0 saturated heterocycles. The van der Waals surface area contributed by atoms with E-state index in [1.165, 1.54) is 37.0 Å². The number of hydrogen-bond donors (Lipinski definition) is 3. The van der Waals surface area contributed by atoms with Gasteiger partial charge in [0.1, 0.15) is 0 Å². The zero-order valence-corrected chi connectivity index (χ0v) is 12.7. The van der Waals surface area contributed by atoms with Crippen LogP contribution in [0.3, 0.4) is 0 Å². The Labute approximate surface area is 123 Å². The van der Waals surface area contributed by atoms with Crippen LogP contribution in [-0.2, 0) is 6.54 Å². The maximum atomic E-state index is 11.6. The topological polar surface area (TPSA) is 78.6 Å². The minimum atomic E-state index is -0.237. The predicted molar refractivity (Wildman–Crippen MR) is 80.5 cm³/mol. The summed E-state index contributed by atoms with van der Waals surface area (Å²) in [5.74, 6) is 4.94. The average molecular weight is 297 g/mol. The lowest BCUT2D eigenvalue weighted by atomic mass is 10.1. The van der Waals surface area contributed by atoms with Gasteiger partial charge in [0.05, 0.1) is 11.5 Å². The Hall–Kier alpha value is -0.950. The number of aliphatic hydroxyl groups is 1. The standard InChI is InChI=1S/C14H23N3O2S/c1-10-11(8-13(20-10)14(19)16-15)9-17(6-7-18)12-4-2-3-5-12/h8,12,18H,2-7,9,15H2,1H3,(H,16,19). The molecule has 1 aromatic heterocycles. The highest BCUT2D eigenvalue weighted by Crippen LogP contribution is 2.28. The lowest BCUT2D eigenvalue weighted by Gasteiger charge is -2.28. The molecule has 0 aliphatic heterocycles. The number of thiophene rings is 1. The average Bonchev–Trinajstić information content (AvgIpc) is 3.08. The number of rotatable bonds is 6. The van der Waals surface area contributed by atoms with Gasteiger partial charge in [0.2, 0.25) is 0 Å². The summed E-state index contributed by atoms with van der Waals surface area (Å²) >= 11 is 1.47. The molecule has 112 valence electrons. The highest BCUT2D eigenvalue weighted by molar-refractivity contribution is 7.14. The van der Waals surface area contributed by atoms with Crippen molar-refractivity contribution in [3.63, 3.8) is 0 Å². The Morgan fingerprint density at radius 2 is 2.25 bits per heavy atom. The van der Waals surface area contributed by atoms with Gasteiger partial charge in [0, 0.05) is 24.0 Å². The van der Waals surface area contributed by atoms with Crippen LogP contribution in [0.15, 0.2) is 6.07 Å². The number of amides is 1. The molecule has 1 amide bonds. The van der Waals surface area contributed by atoms with Crippen molar-refractivity contribution >= 4 is 17.2 Å². The maximum Gasteiger partial charge on any atom is 0.275 e. The van der Waals surface area contributed by atoms with Crippen molar-refractivity contribution in [1.29, 1.82) is 0 Å². The van der Waals surface area contributed by atoms with Gasteiger partial charge in [-0.1, -0.05) is 12.8 Å². The molecule has 0 bridgehead atoms. The Balaban J connectivity index is 2.09. The molecular formula is C14H23N3O2S. The van der Waals surface area contributed by atoms with Crippen molar-refractivity contribution in [3.05, 3.63) is 21.4 Å². The first kappa shape index (κ1) is 15.4. The third-order valence-corrected chi connectivity index (χ3v) is 5.07. The molecule has 1 heterocycles. The molecule has 4 N–H and O–H groups in total. The molecule has 0 unspecified atom stereocenters. The van der Waals surface area contributed by atoms with E-state index in [-0.39, 0.29) is 12.5 Å². The summed E-state index contributed by atoms with van der Waals surface area (Å²) in [6, 6.07) is 2.48. The minimum absolute atomic E-state index is 0.176. The van der Waals surface area contributed by atoms with Gasteiger partial charge in [0.25, 0.3) is 5.91 Å². The van der Waals surface area contributed by atoms with E-state index in [0.717, 1.165) is 17.0 Å². The molecule has 1 aliphatic rings. The highest BCUT2D eigenvalue weighted by Gasteiger charge is 2.23. The number of nitrogens with one attached hydrogen (secondary N) is 1. The molecule has 0 radical (unpaired) electrons. The molecule has 6 heteroatoms. The van der Waals surface area contributed by atoms with Crippen LogP contribution in [-0.4, -0.2) is 35.1 Å². The van der Waals surface area contributed by atoms with Crippen molar-refractivity contribution in [3.8, 4) is 0 Å². The first-order valence-corrected chi connectivity index (χ1v) is 7.92. The van der Waals surface area contributed by atoms with Crippen molar-refractivity contribution in [2.45, 2.75) is 45.2 Å². The summed E-state index contributed by atoms with van der Waals surface area (Å²) in [5.41, 5.74) is 3.33. The number of hydrogen-bond acceptors (Lipinski definition) is 5. The van der Waals surface area contributed by atoms with Crippen molar-refractivity contribution in [1.82, 2.24) is 10.3 Å². The lowest BCUT2D eigenvalue weighted by Crippen LogP contribution is -2.35. The fourth-order valence-electron chi connectivity index (χ4n) is 2.87. The molecule has 2 rings (SSSR count).